The molecule has 0 spiro atoms. The van der Waals surface area contributed by atoms with Crippen LogP contribution in [0.2, 0.25) is 0 Å². The van der Waals surface area contributed by atoms with Crippen LogP contribution in [0.5, 0.6) is 0 Å². The van der Waals surface area contributed by atoms with Crippen molar-refractivity contribution in [1.82, 2.24) is 19.5 Å². The van der Waals surface area contributed by atoms with Gasteiger partial charge < -0.3 is 35.2 Å². The van der Waals surface area contributed by atoms with Gasteiger partial charge in [-0.05, 0) is 0 Å². The molecule has 0 aliphatic carbocycles. The summed E-state index contributed by atoms with van der Waals surface area (Å²) in [5.74, 6) is 0.135. The zero-order valence-electron chi connectivity index (χ0n) is 11.5. The summed E-state index contributed by atoms with van der Waals surface area (Å²) in [4.78, 5) is 29.4. The SMILES string of the molecule is Nc1ncnc2c1ncn2[C@@H]1O[C@H](OCP(=O)(O)O)[C@@H](O)[C@H]1O. The normalized spacial score (nSPS) is 28.5. The molecule has 23 heavy (non-hydrogen) atoms. The topological polar surface area (TPSA) is 186 Å². The first-order valence-electron chi connectivity index (χ1n) is 6.39. The van der Waals surface area contributed by atoms with E-state index < -0.39 is 38.7 Å². The highest BCUT2D eigenvalue weighted by Gasteiger charge is 2.45. The molecular weight excluding hydrogens is 333 g/mol. The van der Waals surface area contributed by atoms with E-state index in [4.69, 9.17) is 25.0 Å². The molecule has 12 nitrogen and oxygen atoms in total. The molecule has 0 aromatic carbocycles. The second-order valence-corrected chi connectivity index (χ2v) is 6.51. The van der Waals surface area contributed by atoms with Crippen molar-refractivity contribution in [2.45, 2.75) is 24.7 Å². The lowest BCUT2D eigenvalue weighted by molar-refractivity contribution is -0.167. The van der Waals surface area contributed by atoms with Crippen LogP contribution >= 0.6 is 7.60 Å². The quantitative estimate of drug-likeness (QED) is 0.390. The fraction of sp³-hybridized carbons (Fsp3) is 0.500. The number of rotatable bonds is 4. The maximum atomic E-state index is 10.8. The number of nitrogens with zero attached hydrogens (tertiary/aromatic N) is 4. The standard InChI is InChI=1S/C10H14N5O7P/c11-7-4-8(13-1-12-7)15(2-14-4)9-5(16)6(17)10(22-9)21-3-23(18,19)20/h1-2,5-6,9-10,16-17H,3H2,(H2,11,12,13)(H2,18,19,20)/t5-,6+,9-,10+/m1/s1. The molecule has 1 saturated heterocycles. The summed E-state index contributed by atoms with van der Waals surface area (Å²) in [6.07, 6.45) is -3.93. The van der Waals surface area contributed by atoms with E-state index in [1.165, 1.54) is 17.2 Å². The lowest BCUT2D eigenvalue weighted by Crippen LogP contribution is -2.33. The van der Waals surface area contributed by atoms with Gasteiger partial charge in [0.1, 0.15) is 24.1 Å². The Kier molecular flexibility index (Phi) is 4.06. The van der Waals surface area contributed by atoms with E-state index in [-0.39, 0.29) is 17.0 Å². The van der Waals surface area contributed by atoms with Gasteiger partial charge in [-0.2, -0.15) is 0 Å². The van der Waals surface area contributed by atoms with Gasteiger partial charge in [0.05, 0.1) is 6.33 Å². The maximum Gasteiger partial charge on any atom is 0.351 e. The Morgan fingerprint density at radius 1 is 1.30 bits per heavy atom. The molecule has 2 aromatic heterocycles. The van der Waals surface area contributed by atoms with Gasteiger partial charge in [-0.15, -0.1) is 0 Å². The van der Waals surface area contributed by atoms with E-state index in [0.717, 1.165) is 0 Å². The Morgan fingerprint density at radius 3 is 2.74 bits per heavy atom. The third kappa shape index (κ3) is 3.05. The Hall–Kier alpha value is -1.66. The number of imidazole rings is 1. The highest BCUT2D eigenvalue weighted by molar-refractivity contribution is 7.51. The van der Waals surface area contributed by atoms with E-state index in [1.807, 2.05) is 0 Å². The van der Waals surface area contributed by atoms with Crippen molar-refractivity contribution < 1.29 is 34.0 Å². The van der Waals surface area contributed by atoms with Gasteiger partial charge in [0.2, 0.25) is 0 Å². The number of aromatic nitrogens is 4. The summed E-state index contributed by atoms with van der Waals surface area (Å²) in [7, 11) is -4.44. The van der Waals surface area contributed by atoms with Crippen molar-refractivity contribution in [2.24, 2.45) is 0 Å². The molecule has 4 atom stereocenters. The Balaban J connectivity index is 1.85. The van der Waals surface area contributed by atoms with Crippen LogP contribution < -0.4 is 5.73 Å². The Labute approximate surface area is 128 Å². The van der Waals surface area contributed by atoms with E-state index in [1.54, 1.807) is 0 Å². The van der Waals surface area contributed by atoms with Gasteiger partial charge in [0, 0.05) is 0 Å². The van der Waals surface area contributed by atoms with Crippen LogP contribution in [0.25, 0.3) is 11.2 Å². The molecular formula is C10H14N5O7P. The predicted octanol–water partition coefficient (Wildman–Crippen LogP) is -1.86. The summed E-state index contributed by atoms with van der Waals surface area (Å²) in [5, 5.41) is 20.0. The van der Waals surface area contributed by atoms with E-state index in [2.05, 4.69) is 15.0 Å². The predicted molar refractivity (Wildman–Crippen MR) is 73.7 cm³/mol. The first-order valence-corrected chi connectivity index (χ1v) is 8.18. The van der Waals surface area contributed by atoms with Crippen molar-refractivity contribution in [2.75, 3.05) is 12.1 Å². The molecule has 1 aliphatic rings. The van der Waals surface area contributed by atoms with Crippen molar-refractivity contribution in [3.05, 3.63) is 12.7 Å². The van der Waals surface area contributed by atoms with Gasteiger partial charge in [0.15, 0.2) is 30.3 Å². The van der Waals surface area contributed by atoms with Crippen LogP contribution in [-0.2, 0) is 14.0 Å². The van der Waals surface area contributed by atoms with Gasteiger partial charge in [-0.1, -0.05) is 0 Å². The first-order chi connectivity index (χ1) is 10.8. The van der Waals surface area contributed by atoms with Gasteiger partial charge in [-0.25, -0.2) is 15.0 Å². The summed E-state index contributed by atoms with van der Waals surface area (Å²) in [5.41, 5.74) is 6.22. The molecule has 13 heteroatoms. The van der Waals surface area contributed by atoms with Gasteiger partial charge in [0.25, 0.3) is 0 Å². The molecule has 3 heterocycles. The highest BCUT2D eigenvalue weighted by atomic mass is 31.2. The minimum Gasteiger partial charge on any atom is -0.385 e. The molecule has 126 valence electrons. The maximum absolute atomic E-state index is 10.8. The molecule has 6 N–H and O–H groups in total. The third-order valence-corrected chi connectivity index (χ3v) is 3.75. The number of aliphatic hydroxyl groups is 2. The lowest BCUT2D eigenvalue weighted by Gasteiger charge is -2.16. The molecule has 0 amide bonds. The molecule has 3 rings (SSSR count). The summed E-state index contributed by atoms with van der Waals surface area (Å²) in [6.45, 7) is 0. The molecule has 1 aliphatic heterocycles. The summed E-state index contributed by atoms with van der Waals surface area (Å²) >= 11 is 0. The van der Waals surface area contributed by atoms with Crippen LogP contribution in [-0.4, -0.2) is 64.4 Å². The molecule has 0 radical (unpaired) electrons. The van der Waals surface area contributed by atoms with Crippen LogP contribution in [0.3, 0.4) is 0 Å². The third-order valence-electron chi connectivity index (χ3n) is 3.26. The molecule has 2 aromatic rings. The number of aliphatic hydroxyl groups excluding tert-OH is 2. The monoisotopic (exact) mass is 347 g/mol. The lowest BCUT2D eigenvalue weighted by atomic mass is 10.2. The Morgan fingerprint density at radius 2 is 2.04 bits per heavy atom. The number of ether oxygens (including phenoxy) is 2. The minimum atomic E-state index is -4.44. The Bertz CT molecular complexity index is 763. The van der Waals surface area contributed by atoms with Crippen LogP contribution in [0.15, 0.2) is 12.7 Å². The van der Waals surface area contributed by atoms with E-state index in [0.29, 0.717) is 0 Å². The number of anilines is 1. The number of hydrogen-bond donors (Lipinski definition) is 5. The fourth-order valence-corrected chi connectivity index (χ4v) is 2.56. The average molecular weight is 347 g/mol. The van der Waals surface area contributed by atoms with E-state index >= 15 is 0 Å². The largest absolute Gasteiger partial charge is 0.385 e. The van der Waals surface area contributed by atoms with Gasteiger partial charge >= 0.3 is 7.60 Å². The van der Waals surface area contributed by atoms with Crippen LogP contribution in [0, 0.1) is 0 Å². The zero-order chi connectivity index (χ0) is 16.8. The van der Waals surface area contributed by atoms with E-state index in [9.17, 15) is 14.8 Å². The fourth-order valence-electron chi connectivity index (χ4n) is 2.22. The van der Waals surface area contributed by atoms with Crippen LogP contribution in [0.1, 0.15) is 6.23 Å². The minimum absolute atomic E-state index is 0.135. The smallest absolute Gasteiger partial charge is 0.351 e. The highest BCUT2D eigenvalue weighted by Crippen LogP contribution is 2.38. The average Bonchev–Trinajstić information content (AvgIpc) is 3.01. The molecule has 0 saturated carbocycles. The second kappa shape index (κ2) is 5.76. The summed E-state index contributed by atoms with van der Waals surface area (Å²) in [6, 6.07) is 0. The van der Waals surface area contributed by atoms with Gasteiger partial charge in [-0.3, -0.25) is 9.13 Å². The number of nitrogen functional groups attached to an aromatic ring is 1. The number of hydrogen-bond acceptors (Lipinski definition) is 9. The number of fused-ring (bicyclic) bond motifs is 1. The van der Waals surface area contributed by atoms with Crippen molar-refractivity contribution in [3.63, 3.8) is 0 Å². The molecule has 1 fully saturated rings. The zero-order valence-corrected chi connectivity index (χ0v) is 12.4. The number of nitrogens with two attached hydrogens (primary N) is 1. The summed E-state index contributed by atoms with van der Waals surface area (Å²) < 4.78 is 22.3. The first kappa shape index (κ1) is 16.2. The second-order valence-electron chi connectivity index (χ2n) is 4.92. The molecule has 0 unspecified atom stereocenters. The molecule has 0 bridgehead atoms. The van der Waals surface area contributed by atoms with Crippen LogP contribution in [0.4, 0.5) is 5.82 Å². The van der Waals surface area contributed by atoms with Crippen molar-refractivity contribution in [3.8, 4) is 0 Å². The van der Waals surface area contributed by atoms with Crippen molar-refractivity contribution in [1.29, 1.82) is 0 Å². The van der Waals surface area contributed by atoms with Crippen molar-refractivity contribution >= 4 is 24.6 Å².